The van der Waals surface area contributed by atoms with E-state index < -0.39 is 0 Å². The average Bonchev–Trinajstić information content (AvgIpc) is 2.58. The first-order valence-corrected chi connectivity index (χ1v) is 8.42. The minimum atomic E-state index is -0.0156. The summed E-state index contributed by atoms with van der Waals surface area (Å²) in [6, 6.07) is 8.19. The Bertz CT molecular complexity index is 512. The van der Waals surface area contributed by atoms with E-state index in [-0.39, 0.29) is 30.1 Å². The van der Waals surface area contributed by atoms with Crippen molar-refractivity contribution in [2.75, 3.05) is 40.8 Å². The first kappa shape index (κ1) is 23.8. The molecule has 0 bridgehead atoms. The van der Waals surface area contributed by atoms with Crippen LogP contribution in [0.15, 0.2) is 29.3 Å². The van der Waals surface area contributed by atoms with Crippen LogP contribution in [0.3, 0.4) is 0 Å². The number of benzene rings is 1. The molecular weight excluding hydrogens is 431 g/mol. The van der Waals surface area contributed by atoms with Gasteiger partial charge in [-0.1, -0.05) is 12.1 Å². The second-order valence-electron chi connectivity index (χ2n) is 6.03. The van der Waals surface area contributed by atoms with Crippen molar-refractivity contribution < 1.29 is 9.47 Å². The van der Waals surface area contributed by atoms with Gasteiger partial charge in [-0.15, -0.1) is 24.0 Å². The minimum absolute atomic E-state index is 0. The van der Waals surface area contributed by atoms with Gasteiger partial charge in [-0.3, -0.25) is 4.99 Å². The van der Waals surface area contributed by atoms with Crippen molar-refractivity contribution in [2.45, 2.75) is 32.9 Å². The van der Waals surface area contributed by atoms with Gasteiger partial charge in [0.15, 0.2) is 17.5 Å². The number of nitrogens with one attached hydrogen (secondary N) is 2. The Kier molecular flexibility index (Phi) is 12.4. The third kappa shape index (κ3) is 9.15. The molecule has 0 aliphatic heterocycles. The Morgan fingerprint density at radius 1 is 1.16 bits per heavy atom. The highest BCUT2D eigenvalue weighted by Crippen LogP contribution is 2.26. The molecule has 0 spiro atoms. The van der Waals surface area contributed by atoms with Crippen LogP contribution < -0.4 is 20.1 Å². The number of likely N-dealkylation sites (N-methyl/N-ethyl adjacent to an activating group) is 1. The second-order valence-corrected chi connectivity index (χ2v) is 6.03. The lowest BCUT2D eigenvalue weighted by molar-refractivity contribution is 0.213. The van der Waals surface area contributed by atoms with E-state index >= 15 is 0 Å². The van der Waals surface area contributed by atoms with Gasteiger partial charge in [-0.25, -0.2) is 0 Å². The number of rotatable bonds is 9. The fraction of sp³-hybridized carbons (Fsp3) is 0.611. The summed E-state index contributed by atoms with van der Waals surface area (Å²) >= 11 is 0. The van der Waals surface area contributed by atoms with E-state index in [4.69, 9.17) is 9.47 Å². The molecule has 0 aliphatic rings. The Hall–Kier alpha value is -1.22. The number of ether oxygens (including phenoxy) is 2. The van der Waals surface area contributed by atoms with Crippen molar-refractivity contribution in [1.82, 2.24) is 15.5 Å². The zero-order valence-electron chi connectivity index (χ0n) is 16.2. The molecule has 0 amide bonds. The third-order valence-electron chi connectivity index (χ3n) is 3.82. The van der Waals surface area contributed by atoms with E-state index in [0.29, 0.717) is 12.6 Å². The molecule has 1 rings (SSSR count). The van der Waals surface area contributed by atoms with Crippen molar-refractivity contribution in [3.05, 3.63) is 24.3 Å². The summed E-state index contributed by atoms with van der Waals surface area (Å²) in [6.45, 7) is 8.84. The number of nitrogens with zero attached hydrogens (tertiary/aromatic N) is 2. The van der Waals surface area contributed by atoms with Gasteiger partial charge in [0, 0.05) is 26.2 Å². The fourth-order valence-electron chi connectivity index (χ4n) is 2.04. The van der Waals surface area contributed by atoms with Crippen LogP contribution in [0.25, 0.3) is 0 Å². The van der Waals surface area contributed by atoms with Gasteiger partial charge < -0.3 is 25.0 Å². The predicted octanol–water partition coefficient (Wildman–Crippen LogP) is 2.59. The molecule has 1 aromatic carbocycles. The molecule has 0 radical (unpaired) electrons. The van der Waals surface area contributed by atoms with Crippen LogP contribution in [0.5, 0.6) is 11.5 Å². The normalized spacial score (nSPS) is 12.6. The van der Waals surface area contributed by atoms with E-state index in [1.807, 2.05) is 31.2 Å². The maximum absolute atomic E-state index is 5.93. The van der Waals surface area contributed by atoms with Crippen molar-refractivity contribution in [3.63, 3.8) is 0 Å². The zero-order valence-corrected chi connectivity index (χ0v) is 18.5. The van der Waals surface area contributed by atoms with Gasteiger partial charge in [-0.2, -0.15) is 0 Å². The largest absolute Gasteiger partial charge is 0.493 e. The first-order chi connectivity index (χ1) is 11.5. The summed E-state index contributed by atoms with van der Waals surface area (Å²) in [5.74, 6) is 2.27. The van der Waals surface area contributed by atoms with Crippen LogP contribution >= 0.6 is 24.0 Å². The Morgan fingerprint density at radius 2 is 1.80 bits per heavy atom. The third-order valence-corrected chi connectivity index (χ3v) is 3.82. The van der Waals surface area contributed by atoms with E-state index in [0.717, 1.165) is 30.5 Å². The van der Waals surface area contributed by atoms with Crippen LogP contribution in [-0.4, -0.2) is 63.8 Å². The smallest absolute Gasteiger partial charge is 0.191 e. The van der Waals surface area contributed by atoms with Gasteiger partial charge in [0.1, 0.15) is 6.10 Å². The number of hydrogen-bond donors (Lipinski definition) is 2. The molecule has 1 atom stereocenters. The van der Waals surface area contributed by atoms with Crippen LogP contribution in [0.4, 0.5) is 0 Å². The quantitative estimate of drug-likeness (QED) is 0.334. The molecule has 0 heterocycles. The molecule has 0 aliphatic carbocycles. The van der Waals surface area contributed by atoms with Gasteiger partial charge in [0.05, 0.1) is 13.7 Å². The topological polar surface area (TPSA) is 58.1 Å². The SMILES string of the molecule is CN=C(NCCN(C)C(C)C)NCC(C)Oc1ccccc1OC.I. The maximum Gasteiger partial charge on any atom is 0.191 e. The molecule has 1 aromatic rings. The minimum Gasteiger partial charge on any atom is -0.493 e. The van der Waals surface area contributed by atoms with E-state index in [9.17, 15) is 0 Å². The number of halogens is 1. The van der Waals surface area contributed by atoms with Crippen LogP contribution in [0.2, 0.25) is 0 Å². The monoisotopic (exact) mass is 464 g/mol. The number of para-hydroxylation sites is 2. The molecule has 25 heavy (non-hydrogen) atoms. The number of guanidine groups is 1. The highest BCUT2D eigenvalue weighted by Gasteiger charge is 2.09. The van der Waals surface area contributed by atoms with Crippen molar-refractivity contribution in [1.29, 1.82) is 0 Å². The average molecular weight is 464 g/mol. The summed E-state index contributed by atoms with van der Waals surface area (Å²) < 4.78 is 11.2. The Balaban J connectivity index is 0.00000576. The molecular formula is C18H33IN4O2. The maximum atomic E-state index is 5.93. The molecule has 1 unspecified atom stereocenters. The molecule has 0 fully saturated rings. The van der Waals surface area contributed by atoms with Crippen LogP contribution in [-0.2, 0) is 0 Å². The van der Waals surface area contributed by atoms with Crippen molar-refractivity contribution in [2.24, 2.45) is 4.99 Å². The first-order valence-electron chi connectivity index (χ1n) is 8.42. The van der Waals surface area contributed by atoms with Crippen molar-refractivity contribution >= 4 is 29.9 Å². The second kappa shape index (κ2) is 13.0. The number of aliphatic imine (C=N–C) groups is 1. The van der Waals surface area contributed by atoms with E-state index in [1.165, 1.54) is 0 Å². The summed E-state index contributed by atoms with van der Waals surface area (Å²) in [7, 11) is 5.53. The molecule has 144 valence electrons. The van der Waals surface area contributed by atoms with Gasteiger partial charge in [0.25, 0.3) is 0 Å². The Labute approximate surface area is 169 Å². The predicted molar refractivity (Wildman–Crippen MR) is 116 cm³/mol. The number of methoxy groups -OCH3 is 1. The van der Waals surface area contributed by atoms with Gasteiger partial charge in [-0.05, 0) is 40.0 Å². The van der Waals surface area contributed by atoms with E-state index in [1.54, 1.807) is 14.2 Å². The lowest BCUT2D eigenvalue weighted by atomic mass is 10.3. The molecule has 6 nitrogen and oxygen atoms in total. The number of hydrogen-bond acceptors (Lipinski definition) is 4. The molecule has 7 heteroatoms. The lowest BCUT2D eigenvalue weighted by Crippen LogP contribution is -2.44. The van der Waals surface area contributed by atoms with Gasteiger partial charge >= 0.3 is 0 Å². The highest BCUT2D eigenvalue weighted by molar-refractivity contribution is 14.0. The molecule has 0 aromatic heterocycles. The molecule has 2 N–H and O–H groups in total. The van der Waals surface area contributed by atoms with Crippen LogP contribution in [0.1, 0.15) is 20.8 Å². The summed E-state index contributed by atoms with van der Waals surface area (Å²) in [6.07, 6.45) is -0.0156. The Morgan fingerprint density at radius 3 is 2.36 bits per heavy atom. The molecule has 0 saturated carbocycles. The lowest BCUT2D eigenvalue weighted by Gasteiger charge is -2.22. The fourth-order valence-corrected chi connectivity index (χ4v) is 2.04. The van der Waals surface area contributed by atoms with Gasteiger partial charge in [0.2, 0.25) is 0 Å². The zero-order chi connectivity index (χ0) is 17.9. The van der Waals surface area contributed by atoms with Crippen LogP contribution in [0, 0.1) is 0 Å². The van der Waals surface area contributed by atoms with Crippen molar-refractivity contribution in [3.8, 4) is 11.5 Å². The summed E-state index contributed by atoms with van der Waals surface area (Å²) in [5.41, 5.74) is 0. The standard InChI is InChI=1S/C18H32N4O2.HI/c1-14(2)22(5)12-11-20-18(19-4)21-13-15(3)24-17-10-8-7-9-16(17)23-6;/h7-10,14-15H,11-13H2,1-6H3,(H2,19,20,21);1H. The highest BCUT2D eigenvalue weighted by atomic mass is 127. The summed E-state index contributed by atoms with van der Waals surface area (Å²) in [5, 5.41) is 6.60. The molecule has 0 saturated heterocycles. The van der Waals surface area contributed by atoms with E-state index in [2.05, 4.69) is 41.4 Å². The summed E-state index contributed by atoms with van der Waals surface area (Å²) in [4.78, 5) is 6.52.